The van der Waals surface area contributed by atoms with E-state index in [4.69, 9.17) is 18.9 Å². The average Bonchev–Trinajstić information content (AvgIpc) is 3.04. The molecule has 0 aromatic heterocycles. The van der Waals surface area contributed by atoms with Crippen molar-refractivity contribution in [2.75, 3.05) is 33.0 Å². The second-order valence-corrected chi connectivity index (χ2v) is 13.8. The van der Waals surface area contributed by atoms with E-state index >= 15 is 0 Å². The van der Waals surface area contributed by atoms with Gasteiger partial charge in [-0.1, -0.05) is 111 Å². The molecule has 0 bridgehead atoms. The fourth-order valence-corrected chi connectivity index (χ4v) is 5.23. The molecule has 0 aliphatic rings. The molecule has 0 aliphatic carbocycles. The summed E-state index contributed by atoms with van der Waals surface area (Å²) in [7, 11) is 0. The van der Waals surface area contributed by atoms with Crippen LogP contribution in [0.1, 0.15) is 139 Å². The second-order valence-electron chi connectivity index (χ2n) is 13.8. The summed E-state index contributed by atoms with van der Waals surface area (Å²) in [5.41, 5.74) is 0.929. The number of carbonyl (C=O) groups excluding carboxylic acids is 2. The highest BCUT2D eigenvalue weighted by Crippen LogP contribution is 2.40. The largest absolute Gasteiger partial charge is 0.491 e. The molecule has 0 fully saturated rings. The molecule has 264 valence electrons. The standard InChI is InChI=1S/C40H63NO6/c1-31(2)18-10-7-15-24-44-37-28-35(40(43)41-23-27-46-36-22-14-13-21-34(36)30-42)29-38(45-25-16-8-11-19-32(3)4)39(37)47-26-17-9-12-20-33(5)6/h13-14,21-22,28-33H,7-12,15-20,23-27H2,1-6H3,(H,41,43). The highest BCUT2D eigenvalue weighted by Gasteiger charge is 2.19. The number of benzene rings is 2. The molecule has 0 radical (unpaired) electrons. The maximum Gasteiger partial charge on any atom is 0.251 e. The first-order valence-electron chi connectivity index (χ1n) is 18.2. The minimum absolute atomic E-state index is 0.230. The third-order valence-electron chi connectivity index (χ3n) is 8.01. The normalized spacial score (nSPS) is 11.3. The maximum atomic E-state index is 13.4. The van der Waals surface area contributed by atoms with Gasteiger partial charge < -0.3 is 24.3 Å². The van der Waals surface area contributed by atoms with Crippen LogP contribution in [0.5, 0.6) is 23.0 Å². The molecule has 47 heavy (non-hydrogen) atoms. The molecule has 0 spiro atoms. The second kappa shape index (κ2) is 24.0. The molecule has 0 saturated heterocycles. The molecular formula is C40H63NO6. The summed E-state index contributed by atoms with van der Waals surface area (Å²) in [6.07, 6.45) is 14.0. The first kappa shape index (κ1) is 40.0. The Kier molecular flexibility index (Phi) is 20.4. The number of aldehydes is 1. The van der Waals surface area contributed by atoms with Crippen molar-refractivity contribution >= 4 is 12.2 Å². The van der Waals surface area contributed by atoms with Crippen LogP contribution in [0.2, 0.25) is 0 Å². The Labute approximate surface area is 285 Å². The number of unbranched alkanes of at least 4 members (excludes halogenated alkanes) is 6. The predicted molar refractivity (Wildman–Crippen MR) is 193 cm³/mol. The van der Waals surface area contributed by atoms with E-state index in [1.165, 1.54) is 38.5 Å². The van der Waals surface area contributed by atoms with Crippen molar-refractivity contribution < 1.29 is 28.5 Å². The lowest BCUT2D eigenvalue weighted by Gasteiger charge is -2.19. The van der Waals surface area contributed by atoms with Gasteiger partial charge in [-0.05, 0) is 61.3 Å². The highest BCUT2D eigenvalue weighted by molar-refractivity contribution is 5.95. The van der Waals surface area contributed by atoms with E-state index in [1.54, 1.807) is 30.3 Å². The molecule has 2 rings (SSSR count). The van der Waals surface area contributed by atoms with E-state index in [1.807, 2.05) is 6.07 Å². The summed E-state index contributed by atoms with van der Waals surface area (Å²) in [5, 5.41) is 2.94. The lowest BCUT2D eigenvalue weighted by Crippen LogP contribution is -2.28. The zero-order valence-corrected chi connectivity index (χ0v) is 30.2. The van der Waals surface area contributed by atoms with E-state index in [0.717, 1.165) is 44.8 Å². The van der Waals surface area contributed by atoms with Gasteiger partial charge in [0.15, 0.2) is 17.8 Å². The van der Waals surface area contributed by atoms with Crippen molar-refractivity contribution in [3.05, 3.63) is 47.5 Å². The van der Waals surface area contributed by atoms with Crippen LogP contribution in [0, 0.1) is 17.8 Å². The van der Waals surface area contributed by atoms with E-state index in [2.05, 4.69) is 46.9 Å². The summed E-state index contributed by atoms with van der Waals surface area (Å²) in [4.78, 5) is 24.7. The number of amides is 1. The molecule has 2 aromatic carbocycles. The fourth-order valence-electron chi connectivity index (χ4n) is 5.23. The lowest BCUT2D eigenvalue weighted by atomic mass is 10.1. The lowest BCUT2D eigenvalue weighted by molar-refractivity contribution is 0.0944. The van der Waals surface area contributed by atoms with Gasteiger partial charge in [0.1, 0.15) is 12.4 Å². The molecule has 0 unspecified atom stereocenters. The highest BCUT2D eigenvalue weighted by atomic mass is 16.5. The van der Waals surface area contributed by atoms with Crippen molar-refractivity contribution in [1.29, 1.82) is 0 Å². The van der Waals surface area contributed by atoms with Crippen LogP contribution in [-0.2, 0) is 0 Å². The van der Waals surface area contributed by atoms with Gasteiger partial charge in [-0.3, -0.25) is 9.59 Å². The summed E-state index contributed by atoms with van der Waals surface area (Å²) < 4.78 is 24.8. The Morgan fingerprint density at radius 1 is 0.617 bits per heavy atom. The van der Waals surface area contributed by atoms with E-state index in [0.29, 0.717) is 71.7 Å². The first-order chi connectivity index (χ1) is 22.7. The maximum absolute atomic E-state index is 13.4. The molecular weight excluding hydrogens is 590 g/mol. The Hall–Kier alpha value is -3.22. The molecule has 0 aliphatic heterocycles. The number of carbonyl (C=O) groups is 2. The van der Waals surface area contributed by atoms with Crippen molar-refractivity contribution in [3.8, 4) is 23.0 Å². The molecule has 1 amide bonds. The van der Waals surface area contributed by atoms with Crippen molar-refractivity contribution in [1.82, 2.24) is 5.32 Å². The molecule has 7 heteroatoms. The van der Waals surface area contributed by atoms with E-state index < -0.39 is 0 Å². The van der Waals surface area contributed by atoms with Crippen LogP contribution in [0.3, 0.4) is 0 Å². The zero-order valence-electron chi connectivity index (χ0n) is 30.2. The van der Waals surface area contributed by atoms with Crippen LogP contribution in [0.4, 0.5) is 0 Å². The number of nitrogens with one attached hydrogen (secondary N) is 1. The molecule has 1 N–H and O–H groups in total. The van der Waals surface area contributed by atoms with Gasteiger partial charge in [-0.25, -0.2) is 0 Å². The van der Waals surface area contributed by atoms with Crippen LogP contribution in [0.25, 0.3) is 0 Å². The van der Waals surface area contributed by atoms with Crippen molar-refractivity contribution in [3.63, 3.8) is 0 Å². The van der Waals surface area contributed by atoms with Crippen LogP contribution < -0.4 is 24.3 Å². The quantitative estimate of drug-likeness (QED) is 0.0763. The Morgan fingerprint density at radius 2 is 1.09 bits per heavy atom. The Bertz CT molecular complexity index is 1100. The minimum atomic E-state index is -0.249. The SMILES string of the molecule is CC(C)CCCCCOc1cc(C(=O)NCCOc2ccccc2C=O)cc(OCCCCCC(C)C)c1OCCCCCC(C)C. The van der Waals surface area contributed by atoms with Gasteiger partial charge in [0.25, 0.3) is 5.91 Å². The van der Waals surface area contributed by atoms with Gasteiger partial charge in [0.05, 0.1) is 31.9 Å². The smallest absolute Gasteiger partial charge is 0.251 e. The number of ether oxygens (including phenoxy) is 4. The molecule has 2 aromatic rings. The summed E-state index contributed by atoms with van der Waals surface area (Å²) in [6, 6.07) is 10.6. The first-order valence-corrected chi connectivity index (χ1v) is 18.2. The summed E-state index contributed by atoms with van der Waals surface area (Å²) >= 11 is 0. The molecule has 0 atom stereocenters. The van der Waals surface area contributed by atoms with Crippen LogP contribution >= 0.6 is 0 Å². The number of hydrogen-bond acceptors (Lipinski definition) is 6. The van der Waals surface area contributed by atoms with Gasteiger partial charge in [0, 0.05) is 5.56 Å². The van der Waals surface area contributed by atoms with Crippen LogP contribution in [0.15, 0.2) is 36.4 Å². The summed E-state index contributed by atoms with van der Waals surface area (Å²) in [5.74, 6) is 4.03. The Morgan fingerprint density at radius 3 is 1.57 bits per heavy atom. The number of hydrogen-bond donors (Lipinski definition) is 1. The minimum Gasteiger partial charge on any atom is -0.491 e. The van der Waals surface area contributed by atoms with E-state index in [-0.39, 0.29) is 19.1 Å². The Balaban J connectivity index is 2.16. The van der Waals surface area contributed by atoms with Gasteiger partial charge in [0.2, 0.25) is 5.75 Å². The third kappa shape index (κ3) is 17.5. The number of para-hydroxylation sites is 1. The molecule has 7 nitrogen and oxygen atoms in total. The topological polar surface area (TPSA) is 83.1 Å². The van der Waals surface area contributed by atoms with Gasteiger partial charge in [-0.2, -0.15) is 0 Å². The van der Waals surface area contributed by atoms with Crippen molar-refractivity contribution in [2.45, 2.75) is 119 Å². The predicted octanol–water partition coefficient (Wildman–Crippen LogP) is 10.1. The van der Waals surface area contributed by atoms with Crippen molar-refractivity contribution in [2.24, 2.45) is 17.8 Å². The average molecular weight is 654 g/mol. The molecule has 0 heterocycles. The van der Waals surface area contributed by atoms with Crippen LogP contribution in [-0.4, -0.2) is 45.2 Å². The van der Waals surface area contributed by atoms with Gasteiger partial charge in [-0.15, -0.1) is 0 Å². The summed E-state index contributed by atoms with van der Waals surface area (Å²) in [6.45, 7) is 15.7. The fraction of sp³-hybridized carbons (Fsp3) is 0.650. The third-order valence-corrected chi connectivity index (χ3v) is 8.01. The molecule has 0 saturated carbocycles. The van der Waals surface area contributed by atoms with Gasteiger partial charge >= 0.3 is 0 Å². The number of rotatable bonds is 27. The monoisotopic (exact) mass is 653 g/mol. The zero-order chi connectivity index (χ0) is 34.3. The van der Waals surface area contributed by atoms with E-state index in [9.17, 15) is 9.59 Å².